The number of rotatable bonds is 6. The zero-order valence-electron chi connectivity index (χ0n) is 10.1. The van der Waals surface area contributed by atoms with Gasteiger partial charge in [0.1, 0.15) is 0 Å². The highest BCUT2D eigenvalue weighted by Gasteiger charge is 2.03. The summed E-state index contributed by atoms with van der Waals surface area (Å²) in [5.41, 5.74) is 8.28. The summed E-state index contributed by atoms with van der Waals surface area (Å²) in [6, 6.07) is 6.09. The Kier molecular flexibility index (Phi) is 5.64. The molecule has 3 heteroatoms. The minimum Gasteiger partial charge on any atom is -0.383 e. The van der Waals surface area contributed by atoms with Crippen LogP contribution in [-0.4, -0.2) is 12.6 Å². The Labute approximate surface area is 103 Å². The number of halogens is 1. The number of aryl methyl sites for hydroxylation is 1. The van der Waals surface area contributed by atoms with Gasteiger partial charge in [0.05, 0.1) is 0 Å². The van der Waals surface area contributed by atoms with Gasteiger partial charge in [-0.3, -0.25) is 0 Å². The Hall–Kier alpha value is -0.730. The molecular weight excluding hydrogens is 220 g/mol. The maximum atomic E-state index is 6.00. The van der Waals surface area contributed by atoms with Crippen LogP contribution >= 0.6 is 11.6 Å². The molecule has 2 nitrogen and oxygen atoms in total. The van der Waals surface area contributed by atoms with E-state index in [-0.39, 0.29) is 6.04 Å². The maximum Gasteiger partial charge on any atom is 0.0426 e. The van der Waals surface area contributed by atoms with E-state index in [2.05, 4.69) is 19.2 Å². The molecule has 1 unspecified atom stereocenters. The van der Waals surface area contributed by atoms with Gasteiger partial charge in [-0.1, -0.05) is 37.4 Å². The van der Waals surface area contributed by atoms with Crippen molar-refractivity contribution in [3.63, 3.8) is 0 Å². The van der Waals surface area contributed by atoms with E-state index >= 15 is 0 Å². The monoisotopic (exact) mass is 240 g/mol. The quantitative estimate of drug-likeness (QED) is 0.798. The second kappa shape index (κ2) is 6.77. The van der Waals surface area contributed by atoms with E-state index < -0.39 is 0 Å². The molecule has 1 atom stereocenters. The van der Waals surface area contributed by atoms with Crippen LogP contribution in [0, 0.1) is 6.92 Å². The molecule has 0 saturated heterocycles. The third-order valence-electron chi connectivity index (χ3n) is 2.68. The minimum absolute atomic E-state index is 0.221. The SMILES string of the molecule is CCCCC(N)CNc1cc(Cl)ccc1C. The predicted octanol–water partition coefficient (Wildman–Crippen LogP) is 3.58. The number of nitrogens with one attached hydrogen (secondary N) is 1. The second-order valence-corrected chi connectivity index (χ2v) is 4.68. The van der Waals surface area contributed by atoms with Crippen LogP contribution in [0.25, 0.3) is 0 Å². The van der Waals surface area contributed by atoms with Crippen LogP contribution in [0.3, 0.4) is 0 Å². The van der Waals surface area contributed by atoms with Crippen molar-refractivity contribution in [1.29, 1.82) is 0 Å². The number of nitrogens with two attached hydrogens (primary N) is 1. The number of unbranched alkanes of at least 4 members (excludes halogenated alkanes) is 1. The average Bonchev–Trinajstić information content (AvgIpc) is 2.27. The number of benzene rings is 1. The average molecular weight is 241 g/mol. The summed E-state index contributed by atoms with van der Waals surface area (Å²) in [5.74, 6) is 0. The molecule has 16 heavy (non-hydrogen) atoms. The molecule has 0 saturated carbocycles. The van der Waals surface area contributed by atoms with Crippen molar-refractivity contribution in [2.45, 2.75) is 39.2 Å². The van der Waals surface area contributed by atoms with Crippen molar-refractivity contribution < 1.29 is 0 Å². The Balaban J connectivity index is 2.44. The molecule has 0 aromatic heterocycles. The molecular formula is C13H21ClN2. The van der Waals surface area contributed by atoms with Crippen molar-refractivity contribution in [3.05, 3.63) is 28.8 Å². The zero-order valence-corrected chi connectivity index (χ0v) is 10.8. The lowest BCUT2D eigenvalue weighted by atomic mass is 10.1. The summed E-state index contributed by atoms with van der Waals surface area (Å²) in [6.07, 6.45) is 3.46. The number of hydrogen-bond acceptors (Lipinski definition) is 2. The van der Waals surface area contributed by atoms with Gasteiger partial charge in [-0.15, -0.1) is 0 Å². The lowest BCUT2D eigenvalue weighted by Gasteiger charge is -2.15. The van der Waals surface area contributed by atoms with Crippen LogP contribution in [0.1, 0.15) is 31.7 Å². The predicted molar refractivity (Wildman–Crippen MR) is 72.2 cm³/mol. The molecule has 0 aliphatic rings. The summed E-state index contributed by atoms with van der Waals surface area (Å²) >= 11 is 5.94. The molecule has 90 valence electrons. The zero-order chi connectivity index (χ0) is 12.0. The fourth-order valence-corrected chi connectivity index (χ4v) is 1.77. The van der Waals surface area contributed by atoms with Gasteiger partial charge in [0.2, 0.25) is 0 Å². The van der Waals surface area contributed by atoms with E-state index in [0.717, 1.165) is 23.7 Å². The van der Waals surface area contributed by atoms with Gasteiger partial charge in [0.15, 0.2) is 0 Å². The molecule has 0 radical (unpaired) electrons. The Morgan fingerprint density at radius 3 is 2.88 bits per heavy atom. The van der Waals surface area contributed by atoms with Crippen LogP contribution < -0.4 is 11.1 Å². The van der Waals surface area contributed by atoms with E-state index in [1.54, 1.807) is 0 Å². The van der Waals surface area contributed by atoms with Crippen LogP contribution in [0.2, 0.25) is 5.02 Å². The summed E-state index contributed by atoms with van der Waals surface area (Å²) in [4.78, 5) is 0. The largest absolute Gasteiger partial charge is 0.383 e. The summed E-state index contributed by atoms with van der Waals surface area (Å²) < 4.78 is 0. The Morgan fingerprint density at radius 2 is 2.19 bits per heavy atom. The van der Waals surface area contributed by atoms with Crippen LogP contribution in [0.5, 0.6) is 0 Å². The van der Waals surface area contributed by atoms with Crippen molar-refractivity contribution in [2.24, 2.45) is 5.73 Å². The molecule has 1 aromatic rings. The maximum absolute atomic E-state index is 6.00. The summed E-state index contributed by atoms with van der Waals surface area (Å²) in [5, 5.41) is 4.11. The van der Waals surface area contributed by atoms with Crippen molar-refractivity contribution in [1.82, 2.24) is 0 Å². The van der Waals surface area contributed by atoms with Crippen molar-refractivity contribution >= 4 is 17.3 Å². The van der Waals surface area contributed by atoms with E-state index in [1.807, 2.05) is 18.2 Å². The van der Waals surface area contributed by atoms with Gasteiger partial charge < -0.3 is 11.1 Å². The van der Waals surface area contributed by atoms with Crippen molar-refractivity contribution in [2.75, 3.05) is 11.9 Å². The van der Waals surface area contributed by atoms with Crippen molar-refractivity contribution in [3.8, 4) is 0 Å². The smallest absolute Gasteiger partial charge is 0.0426 e. The molecule has 3 N–H and O–H groups in total. The van der Waals surface area contributed by atoms with Gasteiger partial charge in [-0.25, -0.2) is 0 Å². The third kappa shape index (κ3) is 4.42. The first-order valence-electron chi connectivity index (χ1n) is 5.89. The number of anilines is 1. The highest BCUT2D eigenvalue weighted by Crippen LogP contribution is 2.20. The first-order valence-corrected chi connectivity index (χ1v) is 6.27. The number of hydrogen-bond donors (Lipinski definition) is 2. The van der Waals surface area contributed by atoms with Crippen LogP contribution in [-0.2, 0) is 0 Å². The van der Waals surface area contributed by atoms with Gasteiger partial charge in [-0.2, -0.15) is 0 Å². The third-order valence-corrected chi connectivity index (χ3v) is 2.92. The van der Waals surface area contributed by atoms with Crippen LogP contribution in [0.4, 0.5) is 5.69 Å². The van der Waals surface area contributed by atoms with Gasteiger partial charge >= 0.3 is 0 Å². The molecule has 0 spiro atoms. The molecule has 0 amide bonds. The fourth-order valence-electron chi connectivity index (χ4n) is 1.59. The first kappa shape index (κ1) is 13.3. The van der Waals surface area contributed by atoms with E-state index in [1.165, 1.54) is 18.4 Å². The molecule has 0 heterocycles. The van der Waals surface area contributed by atoms with Gasteiger partial charge in [0.25, 0.3) is 0 Å². The lowest BCUT2D eigenvalue weighted by molar-refractivity contribution is 0.596. The van der Waals surface area contributed by atoms with Gasteiger partial charge in [0, 0.05) is 23.3 Å². The first-order chi connectivity index (χ1) is 7.63. The van der Waals surface area contributed by atoms with E-state index in [0.29, 0.717) is 0 Å². The highest BCUT2D eigenvalue weighted by atomic mass is 35.5. The van der Waals surface area contributed by atoms with Gasteiger partial charge in [-0.05, 0) is 31.0 Å². The molecule has 0 aliphatic heterocycles. The minimum atomic E-state index is 0.221. The van der Waals surface area contributed by atoms with E-state index in [4.69, 9.17) is 17.3 Å². The highest BCUT2D eigenvalue weighted by molar-refractivity contribution is 6.30. The van der Waals surface area contributed by atoms with Crippen LogP contribution in [0.15, 0.2) is 18.2 Å². The fraction of sp³-hybridized carbons (Fsp3) is 0.538. The molecule has 0 fully saturated rings. The Bertz CT molecular complexity index is 326. The molecule has 0 bridgehead atoms. The van der Waals surface area contributed by atoms with E-state index in [9.17, 15) is 0 Å². The summed E-state index contributed by atoms with van der Waals surface area (Å²) in [7, 11) is 0. The second-order valence-electron chi connectivity index (χ2n) is 4.24. The summed E-state index contributed by atoms with van der Waals surface area (Å²) in [6.45, 7) is 5.05. The Morgan fingerprint density at radius 1 is 1.44 bits per heavy atom. The standard InChI is InChI=1S/C13H21ClN2/c1-3-4-5-12(15)9-16-13-8-11(14)7-6-10(13)2/h6-8,12,16H,3-5,9,15H2,1-2H3. The molecule has 0 aliphatic carbocycles. The lowest BCUT2D eigenvalue weighted by Crippen LogP contribution is -2.29. The molecule has 1 aromatic carbocycles. The normalized spacial score (nSPS) is 12.5. The molecule has 1 rings (SSSR count). The topological polar surface area (TPSA) is 38.0 Å².